The number of nitriles is 2. The predicted molar refractivity (Wildman–Crippen MR) is 83.0 cm³/mol. The van der Waals surface area contributed by atoms with Crippen molar-refractivity contribution in [2.45, 2.75) is 5.92 Å². The summed E-state index contributed by atoms with van der Waals surface area (Å²) in [6.45, 7) is 1.08. The van der Waals surface area contributed by atoms with E-state index in [4.69, 9.17) is 10.2 Å². The van der Waals surface area contributed by atoms with Gasteiger partial charge in [-0.05, 0) is 24.8 Å². The van der Waals surface area contributed by atoms with E-state index in [1.54, 1.807) is 18.2 Å². The fourth-order valence-electron chi connectivity index (χ4n) is 3.71. The molecule has 1 aliphatic heterocycles. The molecule has 1 aliphatic carbocycles. The van der Waals surface area contributed by atoms with Gasteiger partial charge in [-0.15, -0.1) is 0 Å². The summed E-state index contributed by atoms with van der Waals surface area (Å²) >= 11 is 0. The lowest BCUT2D eigenvalue weighted by molar-refractivity contribution is -0.132. The number of aliphatic carboxylic acids is 1. The van der Waals surface area contributed by atoms with Gasteiger partial charge < -0.3 is 20.2 Å². The second-order valence-electron chi connectivity index (χ2n) is 6.11. The molecular formula is C17H16N4O3. The van der Waals surface area contributed by atoms with Crippen molar-refractivity contribution >= 4 is 5.97 Å². The van der Waals surface area contributed by atoms with Gasteiger partial charge in [-0.2, -0.15) is 10.5 Å². The van der Waals surface area contributed by atoms with Crippen LogP contribution >= 0.6 is 0 Å². The lowest BCUT2D eigenvalue weighted by Crippen LogP contribution is -2.48. The average Bonchev–Trinajstić information content (AvgIpc) is 3.07. The van der Waals surface area contributed by atoms with Crippen LogP contribution in [0.5, 0.6) is 0 Å². The van der Waals surface area contributed by atoms with E-state index >= 15 is 0 Å². The largest absolute Gasteiger partial charge is 0.478 e. The number of carboxylic acid groups (broad SMARTS) is 1. The quantitative estimate of drug-likeness (QED) is 0.836. The van der Waals surface area contributed by atoms with E-state index in [-0.39, 0.29) is 17.2 Å². The normalized spacial score (nSPS) is 26.0. The molecule has 7 heteroatoms. The van der Waals surface area contributed by atoms with Crippen LogP contribution < -0.4 is 5.73 Å². The van der Waals surface area contributed by atoms with Crippen molar-refractivity contribution in [2.75, 3.05) is 20.1 Å². The monoisotopic (exact) mass is 324 g/mol. The summed E-state index contributed by atoms with van der Waals surface area (Å²) < 4.78 is 5.49. The first-order valence-corrected chi connectivity index (χ1v) is 7.44. The van der Waals surface area contributed by atoms with Gasteiger partial charge in [0, 0.05) is 19.0 Å². The molecule has 2 aliphatic rings. The zero-order valence-electron chi connectivity index (χ0n) is 13.1. The molecule has 1 aromatic rings. The van der Waals surface area contributed by atoms with Crippen LogP contribution in [0.25, 0.3) is 0 Å². The van der Waals surface area contributed by atoms with Crippen LogP contribution in [0.1, 0.15) is 11.7 Å². The number of likely N-dealkylation sites (N-methyl/N-ethyl adjacent to an activating group) is 1. The Labute approximate surface area is 138 Å². The van der Waals surface area contributed by atoms with Gasteiger partial charge in [0.1, 0.15) is 5.76 Å². The van der Waals surface area contributed by atoms with Gasteiger partial charge in [0.15, 0.2) is 5.41 Å². The van der Waals surface area contributed by atoms with Crippen LogP contribution in [0.2, 0.25) is 0 Å². The summed E-state index contributed by atoms with van der Waals surface area (Å²) in [6, 6.07) is 7.32. The lowest BCUT2D eigenvalue weighted by Gasteiger charge is -2.44. The molecule has 3 N–H and O–H groups in total. The Morgan fingerprint density at radius 3 is 2.75 bits per heavy atom. The van der Waals surface area contributed by atoms with Crippen LogP contribution in [0.15, 0.2) is 45.7 Å². The minimum absolute atomic E-state index is 0.126. The molecule has 0 saturated heterocycles. The van der Waals surface area contributed by atoms with Crippen molar-refractivity contribution in [3.05, 3.63) is 47.1 Å². The molecule has 3 rings (SSSR count). The Bertz CT molecular complexity index is 809. The third kappa shape index (κ3) is 2.03. The van der Waals surface area contributed by atoms with Gasteiger partial charge in [0.2, 0.25) is 0 Å². The fourth-order valence-corrected chi connectivity index (χ4v) is 3.71. The number of rotatable bonds is 2. The number of carbonyl (C=O) groups is 1. The first-order chi connectivity index (χ1) is 11.5. The van der Waals surface area contributed by atoms with Gasteiger partial charge >= 0.3 is 5.97 Å². The van der Waals surface area contributed by atoms with Crippen molar-refractivity contribution in [3.8, 4) is 12.1 Å². The van der Waals surface area contributed by atoms with E-state index in [2.05, 4.69) is 0 Å². The highest BCUT2D eigenvalue weighted by Crippen LogP contribution is 2.54. The Morgan fingerprint density at radius 1 is 1.50 bits per heavy atom. The molecule has 0 amide bonds. The maximum atomic E-state index is 11.8. The van der Waals surface area contributed by atoms with Crippen LogP contribution in [-0.2, 0) is 4.79 Å². The van der Waals surface area contributed by atoms with Crippen molar-refractivity contribution < 1.29 is 14.3 Å². The zero-order chi connectivity index (χ0) is 17.5. The van der Waals surface area contributed by atoms with E-state index in [9.17, 15) is 20.4 Å². The maximum Gasteiger partial charge on any atom is 0.337 e. The molecular weight excluding hydrogens is 308 g/mol. The van der Waals surface area contributed by atoms with Crippen molar-refractivity contribution in [3.63, 3.8) is 0 Å². The van der Waals surface area contributed by atoms with E-state index in [0.29, 0.717) is 24.4 Å². The predicted octanol–water partition coefficient (Wildman–Crippen LogP) is 1.20. The standard InChI is InChI=1S/C17H16N4O3/c1-21-5-4-10-11(7-21)14(12-3-2-6-24-12)17(8-18,9-19)15(20)13(10)16(22)23/h2-4,6,11,14H,5,7,20H2,1H3,(H,22,23)/t11-,14+/m1/s1. The van der Waals surface area contributed by atoms with Crippen LogP contribution in [0.4, 0.5) is 0 Å². The highest BCUT2D eigenvalue weighted by molar-refractivity contribution is 5.94. The molecule has 0 spiro atoms. The minimum atomic E-state index is -1.79. The van der Waals surface area contributed by atoms with Gasteiger partial charge in [0.05, 0.1) is 35.6 Å². The molecule has 0 aromatic carbocycles. The first kappa shape index (κ1) is 15.9. The van der Waals surface area contributed by atoms with Crippen LogP contribution in [-0.4, -0.2) is 36.1 Å². The molecule has 0 radical (unpaired) electrons. The zero-order valence-corrected chi connectivity index (χ0v) is 13.1. The van der Waals surface area contributed by atoms with Crippen LogP contribution in [0.3, 0.4) is 0 Å². The second-order valence-corrected chi connectivity index (χ2v) is 6.11. The number of fused-ring (bicyclic) bond motifs is 1. The van der Waals surface area contributed by atoms with E-state index in [1.807, 2.05) is 24.1 Å². The molecule has 0 fully saturated rings. The number of allylic oxidation sites excluding steroid dienone is 1. The number of hydrogen-bond acceptors (Lipinski definition) is 6. The molecule has 7 nitrogen and oxygen atoms in total. The maximum absolute atomic E-state index is 11.8. The topological polar surface area (TPSA) is 127 Å². The summed E-state index contributed by atoms with van der Waals surface area (Å²) in [5.74, 6) is -1.80. The Balaban J connectivity index is 2.35. The molecule has 0 saturated carbocycles. The first-order valence-electron chi connectivity index (χ1n) is 7.44. The molecule has 24 heavy (non-hydrogen) atoms. The number of carboxylic acids is 1. The summed E-state index contributed by atoms with van der Waals surface area (Å²) in [7, 11) is 1.90. The molecule has 0 bridgehead atoms. The van der Waals surface area contributed by atoms with Gasteiger partial charge in [-0.25, -0.2) is 4.79 Å². The smallest absolute Gasteiger partial charge is 0.337 e. The van der Waals surface area contributed by atoms with Crippen molar-refractivity contribution in [2.24, 2.45) is 17.1 Å². The van der Waals surface area contributed by atoms with Gasteiger partial charge in [-0.3, -0.25) is 0 Å². The molecule has 2 atom stereocenters. The Hall–Kier alpha value is -3.03. The van der Waals surface area contributed by atoms with Crippen molar-refractivity contribution in [1.82, 2.24) is 4.90 Å². The fraction of sp³-hybridized carbons (Fsp3) is 0.353. The SMILES string of the molecule is CN1CC=C2C(C(=O)O)=C(N)C(C#N)(C#N)[C@H](c3ccco3)[C@@H]2C1. The molecule has 122 valence electrons. The Morgan fingerprint density at radius 2 is 2.21 bits per heavy atom. The Kier molecular flexibility index (Phi) is 3.67. The third-order valence-electron chi connectivity index (χ3n) is 4.80. The number of nitrogens with zero attached hydrogens (tertiary/aromatic N) is 3. The van der Waals surface area contributed by atoms with E-state index in [0.717, 1.165) is 0 Å². The number of hydrogen-bond donors (Lipinski definition) is 2. The lowest BCUT2D eigenvalue weighted by atomic mass is 9.59. The second kappa shape index (κ2) is 5.55. The summed E-state index contributed by atoms with van der Waals surface area (Å²) in [4.78, 5) is 13.8. The summed E-state index contributed by atoms with van der Waals surface area (Å²) in [5, 5.41) is 29.2. The highest BCUT2D eigenvalue weighted by Gasteiger charge is 2.56. The molecule has 2 heterocycles. The highest BCUT2D eigenvalue weighted by atomic mass is 16.4. The summed E-state index contributed by atoms with van der Waals surface area (Å²) in [5.41, 5.74) is 4.52. The molecule has 0 unspecified atom stereocenters. The summed E-state index contributed by atoms with van der Waals surface area (Å²) in [6.07, 6.45) is 3.27. The van der Waals surface area contributed by atoms with E-state index < -0.39 is 17.3 Å². The average molecular weight is 324 g/mol. The van der Waals surface area contributed by atoms with Crippen molar-refractivity contribution in [1.29, 1.82) is 10.5 Å². The minimum Gasteiger partial charge on any atom is -0.478 e. The van der Waals surface area contributed by atoms with Crippen LogP contribution in [0, 0.1) is 34.0 Å². The molecule has 1 aromatic heterocycles. The number of nitrogens with two attached hydrogens (primary N) is 1. The number of furan rings is 1. The van der Waals surface area contributed by atoms with Gasteiger partial charge in [-0.1, -0.05) is 6.08 Å². The third-order valence-corrected chi connectivity index (χ3v) is 4.80. The van der Waals surface area contributed by atoms with E-state index in [1.165, 1.54) is 6.26 Å². The van der Waals surface area contributed by atoms with Gasteiger partial charge in [0.25, 0.3) is 0 Å².